The van der Waals surface area contributed by atoms with Gasteiger partial charge in [-0.25, -0.2) is 4.98 Å². The van der Waals surface area contributed by atoms with E-state index in [0.717, 1.165) is 30.6 Å². The topological polar surface area (TPSA) is 45.2 Å². The third-order valence-corrected chi connectivity index (χ3v) is 3.38. The van der Waals surface area contributed by atoms with Gasteiger partial charge in [0, 0.05) is 38.3 Å². The van der Waals surface area contributed by atoms with Crippen LogP contribution in [0.15, 0.2) is 30.5 Å². The Kier molecular flexibility index (Phi) is 4.55. The number of rotatable bonds is 4. The second kappa shape index (κ2) is 6.36. The van der Waals surface area contributed by atoms with Crippen molar-refractivity contribution in [3.8, 4) is 0 Å². The molecule has 0 radical (unpaired) electrons. The molecule has 0 saturated carbocycles. The van der Waals surface area contributed by atoms with E-state index in [-0.39, 0.29) is 11.8 Å². The van der Waals surface area contributed by atoms with Gasteiger partial charge in [0.25, 0.3) is 0 Å². The van der Waals surface area contributed by atoms with E-state index < -0.39 is 0 Å². The Morgan fingerprint density at radius 1 is 1.47 bits per heavy atom. The predicted octanol–water partition coefficient (Wildman–Crippen LogP) is 2.12. The first kappa shape index (κ1) is 13.6. The average Bonchev–Trinajstić information content (AvgIpc) is 2.46. The largest absolute Gasteiger partial charge is 0.362 e. The van der Waals surface area contributed by atoms with Crippen LogP contribution in [0, 0.1) is 5.92 Å². The van der Waals surface area contributed by atoms with Gasteiger partial charge >= 0.3 is 0 Å². The Balaban J connectivity index is 1.95. The summed E-state index contributed by atoms with van der Waals surface area (Å²) in [4.78, 5) is 18.4. The number of carbonyl (C=O) groups is 1. The highest BCUT2D eigenvalue weighted by molar-refractivity contribution is 5.79. The third kappa shape index (κ3) is 3.56. The lowest BCUT2D eigenvalue weighted by Gasteiger charge is -2.19. The monoisotopic (exact) mass is 259 g/mol. The summed E-state index contributed by atoms with van der Waals surface area (Å²) in [6.45, 7) is 0.542. The molecule has 4 heteroatoms. The fraction of sp³-hybridized carbons (Fsp3) is 0.467. The van der Waals surface area contributed by atoms with Crippen molar-refractivity contribution in [1.82, 2.24) is 10.3 Å². The second-order valence-corrected chi connectivity index (χ2v) is 5.08. The van der Waals surface area contributed by atoms with Crippen molar-refractivity contribution in [1.29, 1.82) is 0 Å². The Morgan fingerprint density at radius 3 is 3.00 bits per heavy atom. The smallest absolute Gasteiger partial charge is 0.223 e. The molecular weight excluding hydrogens is 238 g/mol. The van der Waals surface area contributed by atoms with Crippen molar-refractivity contribution in [3.63, 3.8) is 0 Å². The summed E-state index contributed by atoms with van der Waals surface area (Å²) in [7, 11) is 3.92. The molecule has 0 fully saturated rings. The number of pyridine rings is 1. The van der Waals surface area contributed by atoms with Crippen molar-refractivity contribution < 1.29 is 4.79 Å². The summed E-state index contributed by atoms with van der Waals surface area (Å²) in [6, 6.07) is 3.90. The zero-order chi connectivity index (χ0) is 13.7. The standard InChI is InChI=1S/C15H21N3O/c1-18(2)14-13(9-6-10-16-14)11-17-15(19)12-7-4-3-5-8-12/h3-4,6,9-10,12H,5,7-8,11H2,1-2H3,(H,17,19). The van der Waals surface area contributed by atoms with Crippen LogP contribution in [0.4, 0.5) is 5.82 Å². The molecule has 1 aromatic rings. The van der Waals surface area contributed by atoms with Crippen LogP contribution < -0.4 is 10.2 Å². The summed E-state index contributed by atoms with van der Waals surface area (Å²) >= 11 is 0. The van der Waals surface area contributed by atoms with Gasteiger partial charge in [0.1, 0.15) is 5.82 Å². The number of nitrogens with zero attached hydrogens (tertiary/aromatic N) is 2. The SMILES string of the molecule is CN(C)c1ncccc1CNC(=O)C1CC=CCC1. The van der Waals surface area contributed by atoms with Gasteiger partial charge in [-0.2, -0.15) is 0 Å². The van der Waals surface area contributed by atoms with E-state index in [1.807, 2.05) is 31.1 Å². The zero-order valence-corrected chi connectivity index (χ0v) is 11.6. The maximum Gasteiger partial charge on any atom is 0.223 e. The molecule has 0 saturated heterocycles. The molecule has 1 amide bonds. The molecule has 19 heavy (non-hydrogen) atoms. The van der Waals surface area contributed by atoms with Gasteiger partial charge in [-0.3, -0.25) is 4.79 Å². The van der Waals surface area contributed by atoms with E-state index in [0.29, 0.717) is 6.54 Å². The van der Waals surface area contributed by atoms with Crippen LogP contribution in [-0.2, 0) is 11.3 Å². The molecule has 1 heterocycles. The summed E-state index contributed by atoms with van der Waals surface area (Å²) in [5.41, 5.74) is 1.05. The van der Waals surface area contributed by atoms with Crippen LogP contribution in [-0.4, -0.2) is 25.0 Å². The lowest BCUT2D eigenvalue weighted by Crippen LogP contribution is -2.31. The highest BCUT2D eigenvalue weighted by atomic mass is 16.1. The van der Waals surface area contributed by atoms with E-state index in [2.05, 4.69) is 22.5 Å². The van der Waals surface area contributed by atoms with Gasteiger partial charge in [-0.05, 0) is 25.3 Å². The lowest BCUT2D eigenvalue weighted by atomic mass is 9.93. The van der Waals surface area contributed by atoms with E-state index in [1.165, 1.54) is 0 Å². The van der Waals surface area contributed by atoms with Crippen LogP contribution >= 0.6 is 0 Å². The van der Waals surface area contributed by atoms with E-state index in [9.17, 15) is 4.79 Å². The molecule has 0 aromatic carbocycles. The fourth-order valence-corrected chi connectivity index (χ4v) is 2.33. The number of anilines is 1. The highest BCUT2D eigenvalue weighted by Crippen LogP contribution is 2.19. The van der Waals surface area contributed by atoms with Gasteiger partial charge in [0.05, 0.1) is 0 Å². The van der Waals surface area contributed by atoms with Crippen LogP contribution in [0.25, 0.3) is 0 Å². The first-order valence-electron chi connectivity index (χ1n) is 6.72. The van der Waals surface area contributed by atoms with Crippen molar-refractivity contribution >= 4 is 11.7 Å². The Morgan fingerprint density at radius 2 is 2.32 bits per heavy atom. The minimum absolute atomic E-state index is 0.129. The van der Waals surface area contributed by atoms with Crippen molar-refractivity contribution in [2.24, 2.45) is 5.92 Å². The summed E-state index contributed by atoms with van der Waals surface area (Å²) in [6.07, 6.45) is 8.84. The minimum atomic E-state index is 0.129. The average molecular weight is 259 g/mol. The number of amides is 1. The fourth-order valence-electron chi connectivity index (χ4n) is 2.33. The lowest BCUT2D eigenvalue weighted by molar-refractivity contribution is -0.125. The van der Waals surface area contributed by atoms with Gasteiger partial charge < -0.3 is 10.2 Å². The number of hydrogen-bond donors (Lipinski definition) is 1. The van der Waals surface area contributed by atoms with Gasteiger partial charge in [-0.1, -0.05) is 18.2 Å². The molecule has 2 rings (SSSR count). The molecule has 1 unspecified atom stereocenters. The Hall–Kier alpha value is -1.84. The molecule has 4 nitrogen and oxygen atoms in total. The maximum atomic E-state index is 12.1. The molecule has 102 valence electrons. The molecule has 1 aliphatic rings. The Bertz CT molecular complexity index is 468. The van der Waals surface area contributed by atoms with Crippen molar-refractivity contribution in [3.05, 3.63) is 36.0 Å². The van der Waals surface area contributed by atoms with Gasteiger partial charge in [0.15, 0.2) is 0 Å². The number of carbonyl (C=O) groups excluding carboxylic acids is 1. The first-order chi connectivity index (χ1) is 9.18. The third-order valence-electron chi connectivity index (χ3n) is 3.38. The number of aromatic nitrogens is 1. The zero-order valence-electron chi connectivity index (χ0n) is 11.6. The number of hydrogen-bond acceptors (Lipinski definition) is 3. The van der Waals surface area contributed by atoms with Gasteiger partial charge in [0.2, 0.25) is 5.91 Å². The molecule has 1 aliphatic carbocycles. The summed E-state index contributed by atoms with van der Waals surface area (Å²) < 4.78 is 0. The molecular formula is C15H21N3O. The molecule has 0 spiro atoms. The molecule has 0 aliphatic heterocycles. The quantitative estimate of drug-likeness (QED) is 0.842. The van der Waals surface area contributed by atoms with Crippen LogP contribution in [0.2, 0.25) is 0 Å². The highest BCUT2D eigenvalue weighted by Gasteiger charge is 2.18. The molecule has 1 atom stereocenters. The summed E-state index contributed by atoms with van der Waals surface area (Å²) in [5.74, 6) is 1.19. The number of allylic oxidation sites excluding steroid dienone is 2. The molecule has 1 N–H and O–H groups in total. The van der Waals surface area contributed by atoms with Crippen LogP contribution in [0.1, 0.15) is 24.8 Å². The van der Waals surface area contributed by atoms with Crippen LogP contribution in [0.3, 0.4) is 0 Å². The van der Waals surface area contributed by atoms with E-state index in [1.54, 1.807) is 6.20 Å². The number of nitrogens with one attached hydrogen (secondary N) is 1. The Labute approximate surface area is 114 Å². The van der Waals surface area contributed by atoms with Crippen molar-refractivity contribution in [2.45, 2.75) is 25.8 Å². The second-order valence-electron chi connectivity index (χ2n) is 5.08. The maximum absolute atomic E-state index is 12.1. The molecule has 1 aromatic heterocycles. The van der Waals surface area contributed by atoms with E-state index in [4.69, 9.17) is 0 Å². The minimum Gasteiger partial charge on any atom is -0.362 e. The normalized spacial score (nSPS) is 18.1. The van der Waals surface area contributed by atoms with Crippen LogP contribution in [0.5, 0.6) is 0 Å². The van der Waals surface area contributed by atoms with Gasteiger partial charge in [-0.15, -0.1) is 0 Å². The van der Waals surface area contributed by atoms with E-state index >= 15 is 0 Å². The molecule has 0 bridgehead atoms. The predicted molar refractivity (Wildman–Crippen MR) is 76.9 cm³/mol. The van der Waals surface area contributed by atoms with Crippen molar-refractivity contribution in [2.75, 3.05) is 19.0 Å². The first-order valence-corrected chi connectivity index (χ1v) is 6.72. The summed E-state index contributed by atoms with van der Waals surface area (Å²) in [5, 5.41) is 3.02.